The van der Waals surface area contributed by atoms with E-state index in [4.69, 9.17) is 9.84 Å². The van der Waals surface area contributed by atoms with E-state index in [-0.39, 0.29) is 12.4 Å². The van der Waals surface area contributed by atoms with Crippen molar-refractivity contribution in [1.29, 1.82) is 0 Å². The fourth-order valence-corrected chi connectivity index (χ4v) is 1.51. The van der Waals surface area contributed by atoms with Gasteiger partial charge < -0.3 is 14.9 Å². The van der Waals surface area contributed by atoms with Crippen molar-refractivity contribution >= 4 is 0 Å². The highest BCUT2D eigenvalue weighted by Crippen LogP contribution is 2.22. The van der Waals surface area contributed by atoms with Gasteiger partial charge in [-0.15, -0.1) is 0 Å². The average Bonchev–Trinajstić information content (AvgIpc) is 2.34. The van der Waals surface area contributed by atoms with E-state index in [0.717, 1.165) is 12.0 Å². The third-order valence-corrected chi connectivity index (χ3v) is 2.44. The molecule has 1 aromatic rings. The number of aryl methyl sites for hydroxylation is 1. The number of ether oxygens (including phenoxy) is 1. The second-order valence-corrected chi connectivity index (χ2v) is 3.98. The molecule has 4 heteroatoms. The van der Waals surface area contributed by atoms with Crippen LogP contribution >= 0.6 is 0 Å². The molecule has 0 aliphatic carbocycles. The zero-order chi connectivity index (χ0) is 12.7. The van der Waals surface area contributed by atoms with Gasteiger partial charge in [-0.1, -0.05) is 6.92 Å². The minimum absolute atomic E-state index is 0.277. The summed E-state index contributed by atoms with van der Waals surface area (Å²) in [7, 11) is 0. The molecular formula is C13H19FO3. The molecule has 0 spiro atoms. The Hall–Kier alpha value is -1.13. The van der Waals surface area contributed by atoms with Gasteiger partial charge in [0.1, 0.15) is 11.6 Å². The molecule has 1 aromatic carbocycles. The molecule has 0 bridgehead atoms. The third-order valence-electron chi connectivity index (χ3n) is 2.44. The van der Waals surface area contributed by atoms with Gasteiger partial charge in [0.2, 0.25) is 0 Å². The number of aliphatic hydroxyl groups is 2. The summed E-state index contributed by atoms with van der Waals surface area (Å²) in [4.78, 5) is 0. The maximum Gasteiger partial charge on any atom is 0.123 e. The van der Waals surface area contributed by atoms with Crippen LogP contribution in [0, 0.1) is 5.82 Å². The molecule has 0 aliphatic heterocycles. The molecule has 0 fully saturated rings. The Labute approximate surface area is 101 Å². The molecule has 0 aliphatic rings. The Morgan fingerprint density at radius 1 is 1.41 bits per heavy atom. The molecule has 1 atom stereocenters. The van der Waals surface area contributed by atoms with Crippen LogP contribution < -0.4 is 4.74 Å². The molecule has 1 rings (SSSR count). The summed E-state index contributed by atoms with van der Waals surface area (Å²) in [5.74, 6) is 0.334. The number of rotatable bonds is 7. The largest absolute Gasteiger partial charge is 0.493 e. The van der Waals surface area contributed by atoms with E-state index in [1.165, 1.54) is 12.1 Å². The summed E-state index contributed by atoms with van der Waals surface area (Å²) < 4.78 is 18.6. The second kappa shape index (κ2) is 7.25. The predicted octanol–water partition coefficient (Wildman–Crippen LogP) is 1.90. The van der Waals surface area contributed by atoms with Crippen molar-refractivity contribution in [3.05, 3.63) is 29.6 Å². The Bertz CT molecular complexity index is 341. The zero-order valence-corrected chi connectivity index (χ0v) is 10.0. The van der Waals surface area contributed by atoms with Gasteiger partial charge in [-0.25, -0.2) is 4.39 Å². The molecule has 17 heavy (non-hydrogen) atoms. The van der Waals surface area contributed by atoms with Gasteiger partial charge in [0, 0.05) is 0 Å². The van der Waals surface area contributed by atoms with Crippen LogP contribution in [0.1, 0.15) is 25.3 Å². The molecule has 1 unspecified atom stereocenters. The Balaban J connectivity index is 2.69. The van der Waals surface area contributed by atoms with Crippen LogP contribution in [0.4, 0.5) is 4.39 Å². The molecule has 0 amide bonds. The van der Waals surface area contributed by atoms with Crippen LogP contribution in [0.2, 0.25) is 0 Å². The summed E-state index contributed by atoms with van der Waals surface area (Å²) in [5, 5.41) is 18.0. The molecule has 0 saturated heterocycles. The smallest absolute Gasteiger partial charge is 0.123 e. The van der Waals surface area contributed by atoms with Crippen LogP contribution in [-0.2, 0) is 6.42 Å². The van der Waals surface area contributed by atoms with E-state index >= 15 is 0 Å². The topological polar surface area (TPSA) is 49.7 Å². The molecule has 0 radical (unpaired) electrons. The van der Waals surface area contributed by atoms with Crippen molar-refractivity contribution in [1.82, 2.24) is 0 Å². The van der Waals surface area contributed by atoms with Crippen molar-refractivity contribution in [2.45, 2.75) is 32.3 Å². The number of aliphatic hydroxyl groups excluding tert-OH is 2. The summed E-state index contributed by atoms with van der Waals surface area (Å²) in [6, 6.07) is 4.37. The van der Waals surface area contributed by atoms with Crippen molar-refractivity contribution in [3.63, 3.8) is 0 Å². The zero-order valence-electron chi connectivity index (χ0n) is 10.0. The normalized spacial score (nSPS) is 12.5. The average molecular weight is 242 g/mol. The van der Waals surface area contributed by atoms with Gasteiger partial charge in [-0.2, -0.15) is 0 Å². The minimum atomic E-state index is -0.766. The van der Waals surface area contributed by atoms with Crippen LogP contribution in [0.3, 0.4) is 0 Å². The van der Waals surface area contributed by atoms with Gasteiger partial charge >= 0.3 is 0 Å². The predicted molar refractivity (Wildman–Crippen MR) is 63.6 cm³/mol. The highest BCUT2D eigenvalue weighted by molar-refractivity contribution is 5.34. The first-order valence-electron chi connectivity index (χ1n) is 5.87. The monoisotopic (exact) mass is 242 g/mol. The number of hydrogen-bond acceptors (Lipinski definition) is 3. The summed E-state index contributed by atoms with van der Waals surface area (Å²) in [6.07, 6.45) is 0.995. The number of hydrogen-bond donors (Lipinski definition) is 2. The fraction of sp³-hybridized carbons (Fsp3) is 0.538. The van der Waals surface area contributed by atoms with Crippen molar-refractivity contribution in [3.8, 4) is 5.75 Å². The van der Waals surface area contributed by atoms with Crippen molar-refractivity contribution in [2.24, 2.45) is 0 Å². The molecule has 2 N–H and O–H groups in total. The molecule has 0 saturated carbocycles. The van der Waals surface area contributed by atoms with E-state index in [0.29, 0.717) is 25.2 Å². The van der Waals surface area contributed by atoms with Crippen LogP contribution in [0.15, 0.2) is 18.2 Å². The highest BCUT2D eigenvalue weighted by Gasteiger charge is 2.08. The van der Waals surface area contributed by atoms with E-state index < -0.39 is 6.10 Å². The van der Waals surface area contributed by atoms with Crippen LogP contribution in [0.25, 0.3) is 0 Å². The SMILES string of the molecule is CCCOc1ccc(F)cc1CCC(O)CO. The summed E-state index contributed by atoms with van der Waals surface area (Å²) >= 11 is 0. The number of halogens is 1. The number of benzene rings is 1. The van der Waals surface area contributed by atoms with Gasteiger partial charge in [0.15, 0.2) is 0 Å². The Morgan fingerprint density at radius 2 is 2.18 bits per heavy atom. The molecule has 3 nitrogen and oxygen atoms in total. The quantitative estimate of drug-likeness (QED) is 0.767. The lowest BCUT2D eigenvalue weighted by atomic mass is 10.1. The highest BCUT2D eigenvalue weighted by atomic mass is 19.1. The maximum absolute atomic E-state index is 13.1. The lowest BCUT2D eigenvalue weighted by Crippen LogP contribution is -2.13. The molecular weight excluding hydrogens is 223 g/mol. The van der Waals surface area contributed by atoms with Gasteiger partial charge in [0.25, 0.3) is 0 Å². The molecule has 0 aromatic heterocycles. The minimum Gasteiger partial charge on any atom is -0.493 e. The third kappa shape index (κ3) is 4.71. The van der Waals surface area contributed by atoms with Crippen molar-refractivity contribution < 1.29 is 19.3 Å². The fourth-order valence-electron chi connectivity index (χ4n) is 1.51. The van der Waals surface area contributed by atoms with E-state index in [9.17, 15) is 9.50 Å². The standard InChI is InChI=1S/C13H19FO3/c1-2-7-17-13-6-4-11(14)8-10(13)3-5-12(16)9-15/h4,6,8,12,15-16H,2-3,5,7,9H2,1H3. The molecule has 0 heterocycles. The van der Waals surface area contributed by atoms with Crippen LogP contribution in [-0.4, -0.2) is 29.5 Å². The maximum atomic E-state index is 13.1. The summed E-state index contributed by atoms with van der Waals surface area (Å²) in [5.41, 5.74) is 0.728. The second-order valence-electron chi connectivity index (χ2n) is 3.98. The lowest BCUT2D eigenvalue weighted by molar-refractivity contribution is 0.0884. The van der Waals surface area contributed by atoms with Crippen LogP contribution in [0.5, 0.6) is 5.75 Å². The summed E-state index contributed by atoms with van der Waals surface area (Å²) in [6.45, 7) is 2.31. The Morgan fingerprint density at radius 3 is 2.82 bits per heavy atom. The van der Waals surface area contributed by atoms with Gasteiger partial charge in [-0.05, 0) is 43.0 Å². The molecule has 96 valence electrons. The lowest BCUT2D eigenvalue weighted by Gasteiger charge is -2.12. The van der Waals surface area contributed by atoms with Crippen molar-refractivity contribution in [2.75, 3.05) is 13.2 Å². The van der Waals surface area contributed by atoms with E-state index in [2.05, 4.69) is 0 Å². The Kier molecular flexibility index (Phi) is 5.94. The first-order valence-corrected chi connectivity index (χ1v) is 5.87. The van der Waals surface area contributed by atoms with Gasteiger partial charge in [-0.3, -0.25) is 0 Å². The van der Waals surface area contributed by atoms with E-state index in [1.807, 2.05) is 6.92 Å². The first-order chi connectivity index (χ1) is 8.17. The first kappa shape index (κ1) is 13.9. The van der Waals surface area contributed by atoms with E-state index in [1.54, 1.807) is 6.07 Å². The van der Waals surface area contributed by atoms with Gasteiger partial charge in [0.05, 0.1) is 19.3 Å².